The molecule has 1 unspecified atom stereocenters. The monoisotopic (exact) mass is 307 g/mol. The lowest BCUT2D eigenvalue weighted by atomic mass is 10.2. The van der Waals surface area contributed by atoms with Crippen LogP contribution in [0.4, 0.5) is 16.2 Å². The van der Waals surface area contributed by atoms with Crippen LogP contribution in [0, 0.1) is 12.3 Å². The molecule has 3 N–H and O–H groups in total. The number of hydrogen-bond donors (Lipinski definition) is 2. The Hall–Kier alpha value is -3.26. The van der Waals surface area contributed by atoms with Gasteiger partial charge in [-0.2, -0.15) is 0 Å². The second-order valence-electron chi connectivity index (χ2n) is 4.82. The predicted octanol–water partition coefficient (Wildman–Crippen LogP) is 2.41. The Morgan fingerprint density at radius 1 is 1.04 bits per heavy atom. The maximum Gasteiger partial charge on any atom is 0.327 e. The molecule has 0 aromatic heterocycles. The molecule has 2 aromatic carbocycles. The average Bonchev–Trinajstić information content (AvgIpc) is 2.56. The first-order chi connectivity index (χ1) is 11.1. The number of terminal acetylenes is 1. The van der Waals surface area contributed by atoms with Crippen LogP contribution in [-0.4, -0.2) is 18.0 Å². The minimum absolute atomic E-state index is 0.0402. The van der Waals surface area contributed by atoms with Gasteiger partial charge < -0.3 is 11.1 Å². The summed E-state index contributed by atoms with van der Waals surface area (Å²) >= 11 is 0. The molecule has 0 bridgehead atoms. The highest BCUT2D eigenvalue weighted by Gasteiger charge is 2.23. The lowest BCUT2D eigenvalue weighted by Gasteiger charge is -2.25. The summed E-state index contributed by atoms with van der Waals surface area (Å²) in [6.07, 6.45) is 5.26. The largest absolute Gasteiger partial charge is 0.368 e. The highest BCUT2D eigenvalue weighted by molar-refractivity contribution is 6.01. The van der Waals surface area contributed by atoms with Crippen LogP contribution in [-0.2, 0) is 4.79 Å². The Morgan fingerprint density at radius 2 is 1.52 bits per heavy atom. The van der Waals surface area contributed by atoms with Gasteiger partial charge in [-0.15, -0.1) is 12.3 Å². The Morgan fingerprint density at radius 3 is 1.91 bits per heavy atom. The third-order valence-electron chi connectivity index (χ3n) is 3.20. The molecular formula is C18H17N3O2. The highest BCUT2D eigenvalue weighted by atomic mass is 16.2. The van der Waals surface area contributed by atoms with Gasteiger partial charge in [0.15, 0.2) is 0 Å². The van der Waals surface area contributed by atoms with Crippen LogP contribution in [0.2, 0.25) is 0 Å². The van der Waals surface area contributed by atoms with E-state index >= 15 is 0 Å². The molecule has 23 heavy (non-hydrogen) atoms. The number of urea groups is 1. The van der Waals surface area contributed by atoms with Crippen molar-refractivity contribution in [3.05, 3.63) is 60.7 Å². The smallest absolute Gasteiger partial charge is 0.327 e. The van der Waals surface area contributed by atoms with E-state index in [1.807, 2.05) is 36.4 Å². The first-order valence-electron chi connectivity index (χ1n) is 7.07. The number of amides is 3. The van der Waals surface area contributed by atoms with Gasteiger partial charge in [0.1, 0.15) is 6.04 Å². The Bertz CT molecular complexity index is 669. The average molecular weight is 307 g/mol. The van der Waals surface area contributed by atoms with E-state index in [2.05, 4.69) is 11.2 Å². The molecule has 0 saturated carbocycles. The lowest BCUT2D eigenvalue weighted by molar-refractivity contribution is -0.119. The van der Waals surface area contributed by atoms with Crippen molar-refractivity contribution in [3.8, 4) is 12.3 Å². The van der Waals surface area contributed by atoms with Crippen molar-refractivity contribution >= 4 is 23.3 Å². The van der Waals surface area contributed by atoms with Gasteiger partial charge in [-0.25, -0.2) is 4.79 Å². The highest BCUT2D eigenvalue weighted by Crippen LogP contribution is 2.25. The SMILES string of the molecule is C#CCC(NC(=O)N(c1ccccc1)c1ccccc1)C(N)=O. The van der Waals surface area contributed by atoms with Crippen molar-refractivity contribution in [2.75, 3.05) is 4.90 Å². The zero-order valence-electron chi connectivity index (χ0n) is 12.5. The number of carbonyl (C=O) groups is 2. The molecule has 0 saturated heterocycles. The Labute approximate surface area is 135 Å². The lowest BCUT2D eigenvalue weighted by Crippen LogP contribution is -2.48. The third kappa shape index (κ3) is 4.11. The fourth-order valence-electron chi connectivity index (χ4n) is 2.09. The van der Waals surface area contributed by atoms with Gasteiger partial charge in [0.2, 0.25) is 5.91 Å². The number of carbonyl (C=O) groups excluding carboxylic acids is 2. The first-order valence-corrected chi connectivity index (χ1v) is 7.07. The number of nitrogens with two attached hydrogens (primary N) is 1. The van der Waals surface area contributed by atoms with Crippen LogP contribution in [0.25, 0.3) is 0 Å². The second-order valence-corrected chi connectivity index (χ2v) is 4.82. The summed E-state index contributed by atoms with van der Waals surface area (Å²) in [5.74, 6) is 1.67. The van der Waals surface area contributed by atoms with Crippen LogP contribution < -0.4 is 16.0 Å². The molecule has 2 aromatic rings. The standard InChI is InChI=1S/C18H17N3O2/c1-2-9-16(17(19)22)20-18(23)21(14-10-5-3-6-11-14)15-12-7-4-8-13-15/h1,3-8,10-13,16H,9H2,(H2,19,22)(H,20,23). The minimum atomic E-state index is -0.914. The molecular weight excluding hydrogens is 290 g/mol. The van der Waals surface area contributed by atoms with Crippen molar-refractivity contribution in [1.29, 1.82) is 0 Å². The van der Waals surface area contributed by atoms with Crippen molar-refractivity contribution in [2.24, 2.45) is 5.73 Å². The summed E-state index contributed by atoms with van der Waals surface area (Å²) in [6.45, 7) is 0. The summed E-state index contributed by atoms with van der Waals surface area (Å²) in [5.41, 5.74) is 6.61. The van der Waals surface area contributed by atoms with E-state index in [0.29, 0.717) is 11.4 Å². The van der Waals surface area contributed by atoms with Gasteiger partial charge in [0.05, 0.1) is 11.4 Å². The second kappa shape index (κ2) is 7.66. The maximum absolute atomic E-state index is 12.7. The number of nitrogens with one attached hydrogen (secondary N) is 1. The van der Waals surface area contributed by atoms with E-state index in [-0.39, 0.29) is 6.42 Å². The van der Waals surface area contributed by atoms with Crippen molar-refractivity contribution in [3.63, 3.8) is 0 Å². The molecule has 0 aliphatic rings. The zero-order chi connectivity index (χ0) is 16.7. The maximum atomic E-state index is 12.7. The van der Waals surface area contributed by atoms with Crippen LogP contribution in [0.5, 0.6) is 0 Å². The molecule has 2 rings (SSSR count). The fourth-order valence-corrected chi connectivity index (χ4v) is 2.09. The number of nitrogens with zero attached hydrogens (tertiary/aromatic N) is 1. The number of anilines is 2. The number of para-hydroxylation sites is 2. The molecule has 5 heteroatoms. The minimum Gasteiger partial charge on any atom is -0.368 e. The summed E-state index contributed by atoms with van der Waals surface area (Å²) in [7, 11) is 0. The Kier molecular flexibility index (Phi) is 5.37. The number of benzene rings is 2. The molecule has 3 amide bonds. The summed E-state index contributed by atoms with van der Waals surface area (Å²) in [6, 6.07) is 16.8. The van der Waals surface area contributed by atoms with Crippen LogP contribution in [0.3, 0.4) is 0 Å². The number of rotatable bonds is 5. The molecule has 5 nitrogen and oxygen atoms in total. The molecule has 0 aliphatic carbocycles. The summed E-state index contributed by atoms with van der Waals surface area (Å²) < 4.78 is 0. The summed E-state index contributed by atoms with van der Waals surface area (Å²) in [5, 5.41) is 2.58. The van der Waals surface area contributed by atoms with Crippen LogP contribution in [0.15, 0.2) is 60.7 Å². The van der Waals surface area contributed by atoms with Gasteiger partial charge in [-0.3, -0.25) is 9.69 Å². The van der Waals surface area contributed by atoms with Gasteiger partial charge in [-0.1, -0.05) is 36.4 Å². The topological polar surface area (TPSA) is 75.4 Å². The molecule has 0 spiro atoms. The molecule has 1 atom stereocenters. The van der Waals surface area contributed by atoms with E-state index in [9.17, 15) is 9.59 Å². The summed E-state index contributed by atoms with van der Waals surface area (Å²) in [4.78, 5) is 25.6. The van der Waals surface area contributed by atoms with E-state index in [1.54, 1.807) is 24.3 Å². The normalized spacial score (nSPS) is 11.1. The fraction of sp³-hybridized carbons (Fsp3) is 0.111. The van der Waals surface area contributed by atoms with Crippen LogP contribution in [0.1, 0.15) is 6.42 Å². The number of primary amides is 1. The molecule has 0 heterocycles. The Balaban J connectivity index is 2.33. The first kappa shape index (κ1) is 16.1. The van der Waals surface area contributed by atoms with E-state index < -0.39 is 18.0 Å². The van der Waals surface area contributed by atoms with Crippen molar-refractivity contribution < 1.29 is 9.59 Å². The van der Waals surface area contributed by atoms with Gasteiger partial charge in [-0.05, 0) is 24.3 Å². The molecule has 116 valence electrons. The number of hydrogen-bond acceptors (Lipinski definition) is 2. The molecule has 0 radical (unpaired) electrons. The van der Waals surface area contributed by atoms with E-state index in [4.69, 9.17) is 12.2 Å². The predicted molar refractivity (Wildman–Crippen MR) is 90.0 cm³/mol. The van der Waals surface area contributed by atoms with Gasteiger partial charge >= 0.3 is 6.03 Å². The van der Waals surface area contributed by atoms with Crippen LogP contribution >= 0.6 is 0 Å². The quantitative estimate of drug-likeness (QED) is 0.832. The van der Waals surface area contributed by atoms with E-state index in [0.717, 1.165) is 0 Å². The zero-order valence-corrected chi connectivity index (χ0v) is 12.5. The molecule has 0 fully saturated rings. The van der Waals surface area contributed by atoms with E-state index in [1.165, 1.54) is 4.90 Å². The van der Waals surface area contributed by atoms with Crippen molar-refractivity contribution in [1.82, 2.24) is 5.32 Å². The molecule has 0 aliphatic heterocycles. The van der Waals surface area contributed by atoms with Gasteiger partial charge in [0, 0.05) is 6.42 Å². The van der Waals surface area contributed by atoms with Crippen molar-refractivity contribution in [2.45, 2.75) is 12.5 Å². The third-order valence-corrected chi connectivity index (χ3v) is 3.20. The van der Waals surface area contributed by atoms with Gasteiger partial charge in [0.25, 0.3) is 0 Å².